The van der Waals surface area contributed by atoms with Gasteiger partial charge >= 0.3 is 6.18 Å². The minimum Gasteiger partial charge on any atom is -0.382 e. The first kappa shape index (κ1) is 16.1. The van der Waals surface area contributed by atoms with Crippen LogP contribution in [0.4, 0.5) is 18.9 Å². The normalized spacial score (nSPS) is 26.7. The highest BCUT2D eigenvalue weighted by Crippen LogP contribution is 2.35. The van der Waals surface area contributed by atoms with Gasteiger partial charge < -0.3 is 10.1 Å². The largest absolute Gasteiger partial charge is 0.416 e. The third kappa shape index (κ3) is 3.90. The molecule has 1 aromatic carbocycles. The summed E-state index contributed by atoms with van der Waals surface area (Å²) in [7, 11) is 0. The zero-order valence-electron chi connectivity index (χ0n) is 12.7. The third-order valence-electron chi connectivity index (χ3n) is 4.26. The van der Waals surface area contributed by atoms with E-state index in [1.807, 2.05) is 0 Å². The van der Waals surface area contributed by atoms with Gasteiger partial charge in [0.15, 0.2) is 0 Å². The molecule has 0 aliphatic carbocycles. The molecule has 0 saturated carbocycles. The van der Waals surface area contributed by atoms with E-state index in [0.717, 1.165) is 19.3 Å². The van der Waals surface area contributed by atoms with Gasteiger partial charge in [0, 0.05) is 18.3 Å². The highest BCUT2D eigenvalue weighted by molar-refractivity contribution is 5.50. The molecule has 0 radical (unpaired) electrons. The van der Waals surface area contributed by atoms with Crippen molar-refractivity contribution in [2.24, 2.45) is 0 Å². The van der Waals surface area contributed by atoms with Crippen LogP contribution in [0.3, 0.4) is 0 Å². The Morgan fingerprint density at radius 1 is 1.38 bits per heavy atom. The van der Waals surface area contributed by atoms with Crippen molar-refractivity contribution >= 4 is 5.69 Å². The van der Waals surface area contributed by atoms with Crippen LogP contribution in [0.1, 0.15) is 44.2 Å². The Morgan fingerprint density at radius 2 is 2.10 bits per heavy atom. The maximum absolute atomic E-state index is 12.9. The number of anilines is 1. The Balaban J connectivity index is 2.13. The van der Waals surface area contributed by atoms with Gasteiger partial charge in [0.05, 0.1) is 11.2 Å². The molecule has 5 heteroatoms. The maximum atomic E-state index is 12.9. The van der Waals surface area contributed by atoms with Crippen LogP contribution in [0.25, 0.3) is 0 Å². The minimum atomic E-state index is -4.31. The van der Waals surface area contributed by atoms with Gasteiger partial charge in [-0.05, 0) is 50.8 Å². The molecule has 0 amide bonds. The van der Waals surface area contributed by atoms with E-state index in [1.165, 1.54) is 19.1 Å². The van der Waals surface area contributed by atoms with Crippen molar-refractivity contribution in [1.82, 2.24) is 0 Å². The van der Waals surface area contributed by atoms with Crippen LogP contribution in [0, 0.1) is 6.92 Å². The van der Waals surface area contributed by atoms with Crippen LogP contribution in [-0.4, -0.2) is 18.2 Å². The second kappa shape index (κ2) is 5.87. The van der Waals surface area contributed by atoms with Gasteiger partial charge in [-0.15, -0.1) is 0 Å². The Kier molecular flexibility index (Phi) is 4.51. The lowest BCUT2D eigenvalue weighted by molar-refractivity contribution is -0.138. The van der Waals surface area contributed by atoms with Gasteiger partial charge in [-0.2, -0.15) is 13.2 Å². The number of hydrogen-bond acceptors (Lipinski definition) is 2. The van der Waals surface area contributed by atoms with Crippen molar-refractivity contribution in [3.8, 4) is 0 Å². The first-order valence-electron chi connectivity index (χ1n) is 7.32. The Bertz CT molecular complexity index is 501. The predicted molar refractivity (Wildman–Crippen MR) is 77.5 cm³/mol. The predicted octanol–water partition coefficient (Wildman–Crippen LogP) is 4.77. The topological polar surface area (TPSA) is 21.3 Å². The maximum Gasteiger partial charge on any atom is 0.416 e. The van der Waals surface area contributed by atoms with Crippen molar-refractivity contribution in [3.63, 3.8) is 0 Å². The molecule has 2 rings (SSSR count). The van der Waals surface area contributed by atoms with Crippen LogP contribution in [-0.2, 0) is 10.9 Å². The minimum absolute atomic E-state index is 0.146. The van der Waals surface area contributed by atoms with E-state index in [2.05, 4.69) is 19.2 Å². The Morgan fingerprint density at radius 3 is 2.71 bits per heavy atom. The molecule has 1 N–H and O–H groups in total. The van der Waals surface area contributed by atoms with Gasteiger partial charge in [-0.25, -0.2) is 0 Å². The Hall–Kier alpha value is -1.23. The zero-order chi connectivity index (χ0) is 15.7. The second-order valence-corrected chi connectivity index (χ2v) is 6.01. The summed E-state index contributed by atoms with van der Waals surface area (Å²) in [5.74, 6) is 0. The first-order chi connectivity index (χ1) is 9.73. The zero-order valence-corrected chi connectivity index (χ0v) is 12.7. The summed E-state index contributed by atoms with van der Waals surface area (Å²) in [6, 6.07) is 4.58. The summed E-state index contributed by atoms with van der Waals surface area (Å²) >= 11 is 0. The third-order valence-corrected chi connectivity index (χ3v) is 4.26. The van der Waals surface area contributed by atoms with Crippen LogP contribution < -0.4 is 5.32 Å². The summed E-state index contributed by atoms with van der Waals surface area (Å²) in [6.45, 7) is 6.24. The molecule has 21 heavy (non-hydrogen) atoms. The number of alkyl halides is 3. The molecule has 2 nitrogen and oxygen atoms in total. The molecule has 0 bridgehead atoms. The molecular weight excluding hydrogens is 279 g/mol. The molecule has 1 aromatic rings. The molecule has 1 saturated heterocycles. The molecule has 0 spiro atoms. The number of halogens is 3. The van der Waals surface area contributed by atoms with Crippen LogP contribution in [0.15, 0.2) is 18.2 Å². The lowest BCUT2D eigenvalue weighted by Gasteiger charge is -2.38. The average molecular weight is 301 g/mol. The SMILES string of the molecule is CCC1(C)CC(Nc2ccc(C)c(C(F)(F)F)c2)CCO1. The number of aryl methyl sites for hydroxylation is 1. The molecule has 2 unspecified atom stereocenters. The number of hydrogen-bond donors (Lipinski definition) is 1. The first-order valence-corrected chi connectivity index (χ1v) is 7.32. The molecule has 2 atom stereocenters. The average Bonchev–Trinajstić information content (AvgIpc) is 2.40. The van der Waals surface area contributed by atoms with Gasteiger partial charge in [0.2, 0.25) is 0 Å². The fraction of sp³-hybridized carbons (Fsp3) is 0.625. The molecule has 1 heterocycles. The molecule has 1 fully saturated rings. The standard InChI is InChI=1S/C16H22F3NO/c1-4-15(3)10-13(7-8-21-15)20-12-6-5-11(2)14(9-12)16(17,18)19/h5-6,9,13,20H,4,7-8,10H2,1-3H3. The monoisotopic (exact) mass is 301 g/mol. The second-order valence-electron chi connectivity index (χ2n) is 6.01. The Labute approximate surface area is 123 Å². The summed E-state index contributed by atoms with van der Waals surface area (Å²) in [4.78, 5) is 0. The summed E-state index contributed by atoms with van der Waals surface area (Å²) in [6.07, 6.45) is -1.80. The van der Waals surface area contributed by atoms with Crippen LogP contribution in [0.5, 0.6) is 0 Å². The lowest BCUT2D eigenvalue weighted by atomic mass is 9.89. The quantitative estimate of drug-likeness (QED) is 0.868. The van der Waals surface area contributed by atoms with Crippen molar-refractivity contribution in [2.75, 3.05) is 11.9 Å². The highest BCUT2D eigenvalue weighted by Gasteiger charge is 2.34. The number of ether oxygens (including phenoxy) is 1. The summed E-state index contributed by atoms with van der Waals surface area (Å²) < 4.78 is 44.6. The van der Waals surface area contributed by atoms with Crippen molar-refractivity contribution in [3.05, 3.63) is 29.3 Å². The van der Waals surface area contributed by atoms with Crippen molar-refractivity contribution in [2.45, 2.75) is 57.9 Å². The number of benzene rings is 1. The molecule has 1 aliphatic rings. The van der Waals surface area contributed by atoms with E-state index in [1.54, 1.807) is 6.07 Å². The smallest absolute Gasteiger partial charge is 0.382 e. The highest BCUT2D eigenvalue weighted by atomic mass is 19.4. The molecular formula is C16H22F3NO. The van der Waals surface area contributed by atoms with E-state index in [4.69, 9.17) is 4.74 Å². The fourth-order valence-electron chi connectivity index (χ4n) is 2.75. The molecule has 1 aliphatic heterocycles. The molecule has 0 aromatic heterocycles. The fourth-order valence-corrected chi connectivity index (χ4v) is 2.75. The molecule has 118 valence electrons. The van der Waals surface area contributed by atoms with Gasteiger partial charge in [-0.3, -0.25) is 0 Å². The summed E-state index contributed by atoms with van der Waals surface area (Å²) in [5.41, 5.74) is 0.0162. The van der Waals surface area contributed by atoms with Crippen molar-refractivity contribution in [1.29, 1.82) is 0 Å². The van der Waals surface area contributed by atoms with E-state index in [9.17, 15) is 13.2 Å². The number of nitrogens with one attached hydrogen (secondary N) is 1. The van der Waals surface area contributed by atoms with E-state index in [0.29, 0.717) is 12.3 Å². The van der Waals surface area contributed by atoms with Crippen LogP contribution in [0.2, 0.25) is 0 Å². The van der Waals surface area contributed by atoms with E-state index < -0.39 is 11.7 Å². The number of rotatable bonds is 3. The van der Waals surface area contributed by atoms with Crippen molar-refractivity contribution < 1.29 is 17.9 Å². The van der Waals surface area contributed by atoms with Crippen LogP contribution >= 0.6 is 0 Å². The van der Waals surface area contributed by atoms with E-state index in [-0.39, 0.29) is 17.2 Å². The van der Waals surface area contributed by atoms with Gasteiger partial charge in [0.25, 0.3) is 0 Å². The summed E-state index contributed by atoms with van der Waals surface area (Å²) in [5, 5.41) is 3.23. The van der Waals surface area contributed by atoms with Gasteiger partial charge in [0.1, 0.15) is 0 Å². The van der Waals surface area contributed by atoms with E-state index >= 15 is 0 Å². The van der Waals surface area contributed by atoms with Gasteiger partial charge in [-0.1, -0.05) is 13.0 Å². The lowest BCUT2D eigenvalue weighted by Crippen LogP contribution is -2.41.